The molecule has 2 atom stereocenters. The minimum Gasteiger partial charge on any atom is -0.481 e. The van der Waals surface area contributed by atoms with Crippen LogP contribution < -0.4 is 5.32 Å². The number of rotatable bonds is 5. The van der Waals surface area contributed by atoms with Gasteiger partial charge >= 0.3 is 5.97 Å². The molecule has 5 nitrogen and oxygen atoms in total. The van der Waals surface area contributed by atoms with Gasteiger partial charge < -0.3 is 20.3 Å². The highest BCUT2D eigenvalue weighted by Gasteiger charge is 2.32. The summed E-state index contributed by atoms with van der Waals surface area (Å²) in [5.41, 5.74) is 2.23. The van der Waals surface area contributed by atoms with Crippen LogP contribution in [0.25, 0.3) is 0 Å². The Morgan fingerprint density at radius 3 is 2.70 bits per heavy atom. The average Bonchev–Trinajstić information content (AvgIpc) is 3.13. The number of halogens is 1. The van der Waals surface area contributed by atoms with Crippen LogP contribution in [0.5, 0.6) is 0 Å². The first-order valence-electron chi connectivity index (χ1n) is 7.16. The third kappa shape index (κ3) is 3.65. The number of aliphatic hydroxyl groups excluding tert-OH is 1. The maximum Gasteiger partial charge on any atom is 0.309 e. The van der Waals surface area contributed by atoms with E-state index < -0.39 is 12.2 Å². The van der Waals surface area contributed by atoms with Crippen LogP contribution in [0.3, 0.4) is 0 Å². The zero-order valence-electron chi connectivity index (χ0n) is 12.2. The monoisotopic (exact) mass is 353 g/mol. The number of alkyl halides is 1. The van der Waals surface area contributed by atoms with Gasteiger partial charge in [0.05, 0.1) is 23.4 Å². The molecule has 1 aromatic rings. The number of hydrogen-bond acceptors (Lipinski definition) is 5. The fraction of sp³-hybridized carbons (Fsp3) is 0.312. The third-order valence-corrected chi connectivity index (χ3v) is 5.07. The summed E-state index contributed by atoms with van der Waals surface area (Å²) in [4.78, 5) is 12.0. The van der Waals surface area contributed by atoms with Gasteiger partial charge in [0.15, 0.2) is 12.0 Å². The maximum absolute atomic E-state index is 11.1. The molecule has 122 valence electrons. The molecule has 2 unspecified atom stereocenters. The highest BCUT2D eigenvalue weighted by Crippen LogP contribution is 2.44. The summed E-state index contributed by atoms with van der Waals surface area (Å²) in [6, 6.07) is 7.33. The van der Waals surface area contributed by atoms with Gasteiger partial charge in [0, 0.05) is 10.5 Å². The first-order chi connectivity index (χ1) is 11.1. The smallest absolute Gasteiger partial charge is 0.309 e. The summed E-state index contributed by atoms with van der Waals surface area (Å²) in [7, 11) is 0. The van der Waals surface area contributed by atoms with Crippen LogP contribution in [0.1, 0.15) is 30.2 Å². The van der Waals surface area contributed by atoms with E-state index in [0.717, 1.165) is 22.5 Å². The van der Waals surface area contributed by atoms with Crippen LogP contribution in [0.15, 0.2) is 46.7 Å². The third-order valence-electron chi connectivity index (χ3n) is 3.58. The lowest BCUT2D eigenvalue weighted by Crippen LogP contribution is -2.17. The molecule has 0 fully saturated rings. The number of allylic oxidation sites excluding steroid dienone is 1. The predicted octanol–water partition coefficient (Wildman–Crippen LogP) is 3.07. The molecule has 0 bridgehead atoms. The van der Waals surface area contributed by atoms with Crippen molar-refractivity contribution in [3.63, 3.8) is 0 Å². The first kappa shape index (κ1) is 16.2. The van der Waals surface area contributed by atoms with Gasteiger partial charge in [-0.25, -0.2) is 0 Å². The highest BCUT2D eigenvalue weighted by molar-refractivity contribution is 8.05. The molecular formula is C16H16ClNO4S. The van der Waals surface area contributed by atoms with Crippen molar-refractivity contribution in [2.45, 2.75) is 30.4 Å². The van der Waals surface area contributed by atoms with Crippen molar-refractivity contribution in [2.75, 3.05) is 0 Å². The van der Waals surface area contributed by atoms with E-state index in [9.17, 15) is 4.79 Å². The average molecular weight is 354 g/mol. The van der Waals surface area contributed by atoms with Gasteiger partial charge in [-0.05, 0) is 12.0 Å². The number of aliphatic carboxylic acids is 1. The number of nitrogens with one attached hydrogen (secondary N) is 1. The molecular weight excluding hydrogens is 338 g/mol. The van der Waals surface area contributed by atoms with Crippen molar-refractivity contribution in [2.24, 2.45) is 0 Å². The number of ether oxygens (including phenoxy) is 1. The van der Waals surface area contributed by atoms with E-state index in [1.165, 1.54) is 11.8 Å². The number of carbonyl (C=O) groups is 1. The largest absolute Gasteiger partial charge is 0.481 e. The highest BCUT2D eigenvalue weighted by atomic mass is 35.5. The van der Waals surface area contributed by atoms with Crippen molar-refractivity contribution in [3.8, 4) is 0 Å². The summed E-state index contributed by atoms with van der Waals surface area (Å²) in [5.74, 6) is -0.354. The zero-order chi connectivity index (χ0) is 16.4. The maximum atomic E-state index is 11.1. The Labute approximate surface area is 143 Å². The number of carboxylic acid groups (broad SMARTS) is 1. The number of hydrogen-bond donors (Lipinski definition) is 3. The number of thioether (sulfide) groups is 1. The molecule has 2 heterocycles. The quantitative estimate of drug-likeness (QED) is 0.706. The van der Waals surface area contributed by atoms with Gasteiger partial charge in [0.1, 0.15) is 0 Å². The van der Waals surface area contributed by atoms with Crippen LogP contribution in [0.2, 0.25) is 0 Å². The molecule has 23 heavy (non-hydrogen) atoms. The molecule has 0 aliphatic carbocycles. The Balaban J connectivity index is 1.81. The van der Waals surface area contributed by atoms with E-state index in [1.54, 1.807) is 0 Å². The van der Waals surface area contributed by atoms with E-state index in [-0.39, 0.29) is 17.7 Å². The van der Waals surface area contributed by atoms with E-state index >= 15 is 0 Å². The van der Waals surface area contributed by atoms with Crippen LogP contribution in [-0.4, -0.2) is 20.9 Å². The van der Waals surface area contributed by atoms with Gasteiger partial charge in [-0.3, -0.25) is 4.79 Å². The molecule has 2 aliphatic rings. The summed E-state index contributed by atoms with van der Waals surface area (Å²) >= 11 is 7.57. The van der Waals surface area contributed by atoms with Gasteiger partial charge in [0.2, 0.25) is 0 Å². The molecule has 3 rings (SSSR count). The topological polar surface area (TPSA) is 78.8 Å². The first-order valence-corrected chi connectivity index (χ1v) is 8.47. The molecule has 0 saturated carbocycles. The van der Waals surface area contributed by atoms with E-state index in [2.05, 4.69) is 5.32 Å². The molecule has 7 heteroatoms. The minimum absolute atomic E-state index is 0.0202. The number of carboxylic acids is 1. The molecule has 2 aliphatic heterocycles. The second-order valence-electron chi connectivity index (χ2n) is 5.25. The molecule has 0 radical (unpaired) electrons. The molecule has 0 saturated heterocycles. The molecule has 0 amide bonds. The second kappa shape index (κ2) is 6.86. The summed E-state index contributed by atoms with van der Waals surface area (Å²) in [6.07, 6.45) is 2.12. The van der Waals surface area contributed by atoms with E-state index in [4.69, 9.17) is 26.6 Å². The fourth-order valence-corrected chi connectivity index (χ4v) is 3.78. The van der Waals surface area contributed by atoms with Crippen molar-refractivity contribution >= 4 is 29.3 Å². The van der Waals surface area contributed by atoms with Crippen molar-refractivity contribution < 1.29 is 19.7 Å². The van der Waals surface area contributed by atoms with Gasteiger partial charge in [-0.1, -0.05) is 30.3 Å². The van der Waals surface area contributed by atoms with Crippen LogP contribution >= 0.6 is 23.4 Å². The summed E-state index contributed by atoms with van der Waals surface area (Å²) < 4.78 is 5.92. The van der Waals surface area contributed by atoms with Gasteiger partial charge in [-0.2, -0.15) is 0 Å². The lowest BCUT2D eigenvalue weighted by Gasteiger charge is -2.14. The van der Waals surface area contributed by atoms with E-state index in [0.29, 0.717) is 11.5 Å². The lowest BCUT2D eigenvalue weighted by atomic mass is 10.1. The molecule has 0 spiro atoms. The van der Waals surface area contributed by atoms with Crippen LogP contribution in [0, 0.1) is 0 Å². The molecule has 1 aromatic carbocycles. The normalized spacial score (nSPS) is 23.5. The second-order valence-corrected chi connectivity index (χ2v) is 7.28. The van der Waals surface area contributed by atoms with Crippen LogP contribution in [-0.2, 0) is 16.1 Å². The summed E-state index contributed by atoms with van der Waals surface area (Å²) in [6.45, 7) is -0.0202. The molecule has 3 N–H and O–H groups in total. The standard InChI is InChI=1S/C16H16ClNO4S/c17-13-6-5-12(23-13)15-11(7-14(20)21)18-16(22-15)10-3-1-9(8-19)2-4-10/h1-5,13,16,18-19H,6-8H2,(H,20,21). The zero-order valence-corrected chi connectivity index (χ0v) is 13.7. The SMILES string of the molecule is O=C(O)CC1=C(C2=CCC(Cl)S2)OC(c2ccc(CO)cc2)N1. The van der Waals surface area contributed by atoms with Gasteiger partial charge in [-0.15, -0.1) is 23.4 Å². The number of benzene rings is 1. The Hall–Kier alpha value is -1.63. The Bertz CT molecular complexity index is 671. The lowest BCUT2D eigenvalue weighted by molar-refractivity contribution is -0.136. The Morgan fingerprint density at radius 2 is 2.13 bits per heavy atom. The Kier molecular flexibility index (Phi) is 4.84. The predicted molar refractivity (Wildman–Crippen MR) is 88.5 cm³/mol. The number of aliphatic hydroxyl groups is 1. The fourth-order valence-electron chi connectivity index (χ4n) is 2.46. The van der Waals surface area contributed by atoms with E-state index in [1.807, 2.05) is 30.3 Å². The van der Waals surface area contributed by atoms with Crippen molar-refractivity contribution in [1.82, 2.24) is 5.32 Å². The molecule has 0 aromatic heterocycles. The summed E-state index contributed by atoms with van der Waals surface area (Å²) in [5, 5.41) is 21.3. The van der Waals surface area contributed by atoms with Crippen molar-refractivity contribution in [3.05, 3.63) is 57.8 Å². The van der Waals surface area contributed by atoms with Crippen LogP contribution in [0.4, 0.5) is 0 Å². The van der Waals surface area contributed by atoms with Gasteiger partial charge in [0.25, 0.3) is 0 Å². The minimum atomic E-state index is -0.920. The van der Waals surface area contributed by atoms with Crippen molar-refractivity contribution in [1.29, 1.82) is 0 Å². The Morgan fingerprint density at radius 1 is 1.39 bits per heavy atom.